The molecule has 0 aliphatic carbocycles. The summed E-state index contributed by atoms with van der Waals surface area (Å²) in [7, 11) is 0. The van der Waals surface area contributed by atoms with E-state index in [0.717, 1.165) is 19.8 Å². The van der Waals surface area contributed by atoms with Crippen LogP contribution in [-0.2, 0) is 11.3 Å². The maximum atomic E-state index is 11.9. The Morgan fingerprint density at radius 2 is 2.12 bits per heavy atom. The first-order chi connectivity index (χ1) is 12.7. The van der Waals surface area contributed by atoms with Gasteiger partial charge in [0.05, 0.1) is 17.3 Å². The highest BCUT2D eigenvalue weighted by atomic mass is 35.5. The Hall–Kier alpha value is -1.87. The quantitative estimate of drug-likeness (QED) is 0.440. The highest BCUT2D eigenvalue weighted by Gasteiger charge is 2.18. The van der Waals surface area contributed by atoms with E-state index in [1.165, 1.54) is 23.1 Å². The lowest BCUT2D eigenvalue weighted by Crippen LogP contribution is -2.24. The molecule has 0 saturated heterocycles. The zero-order valence-electron chi connectivity index (χ0n) is 13.3. The number of carbonyl (C=O) groups is 1. The van der Waals surface area contributed by atoms with Gasteiger partial charge in [-0.25, -0.2) is 0 Å². The molecule has 0 fully saturated rings. The first kappa shape index (κ1) is 17.5. The SMILES string of the molecule is O=C(CSc1nnc(-c2sc3ccccc3c2Cl)o1)NCc1cccs1. The fourth-order valence-electron chi connectivity index (χ4n) is 2.29. The fourth-order valence-corrected chi connectivity index (χ4v) is 4.96. The van der Waals surface area contributed by atoms with Crippen molar-refractivity contribution in [2.24, 2.45) is 0 Å². The molecule has 0 spiro atoms. The molecule has 0 radical (unpaired) electrons. The minimum absolute atomic E-state index is 0.0805. The molecule has 1 amide bonds. The minimum Gasteiger partial charge on any atom is -0.410 e. The number of thioether (sulfide) groups is 1. The van der Waals surface area contributed by atoms with Crippen molar-refractivity contribution in [2.75, 3.05) is 5.75 Å². The van der Waals surface area contributed by atoms with Crippen molar-refractivity contribution in [2.45, 2.75) is 11.8 Å². The molecule has 1 N–H and O–H groups in total. The largest absolute Gasteiger partial charge is 0.410 e. The Bertz CT molecular complexity index is 1040. The van der Waals surface area contributed by atoms with E-state index in [4.69, 9.17) is 16.0 Å². The zero-order chi connectivity index (χ0) is 17.9. The lowest BCUT2D eigenvalue weighted by atomic mass is 10.2. The standard InChI is InChI=1S/C17H12ClN3O2S3/c18-14-11-5-1-2-6-12(11)26-15(14)16-20-21-17(23-16)25-9-13(22)19-8-10-4-3-7-24-10/h1-7H,8-9H2,(H,19,22). The van der Waals surface area contributed by atoms with E-state index in [2.05, 4.69) is 15.5 Å². The number of amides is 1. The number of hydrogen-bond acceptors (Lipinski definition) is 7. The van der Waals surface area contributed by atoms with Crippen LogP contribution in [0.5, 0.6) is 0 Å². The molecule has 132 valence electrons. The van der Waals surface area contributed by atoms with E-state index in [0.29, 0.717) is 22.7 Å². The van der Waals surface area contributed by atoms with Gasteiger partial charge in [-0.15, -0.1) is 32.9 Å². The van der Waals surface area contributed by atoms with Gasteiger partial charge < -0.3 is 9.73 Å². The van der Waals surface area contributed by atoms with Crippen molar-refractivity contribution in [1.29, 1.82) is 0 Å². The van der Waals surface area contributed by atoms with Gasteiger partial charge in [-0.2, -0.15) is 0 Å². The molecule has 3 heterocycles. The summed E-state index contributed by atoms with van der Waals surface area (Å²) in [5, 5.41) is 14.8. The summed E-state index contributed by atoms with van der Waals surface area (Å²) in [6, 6.07) is 11.8. The number of rotatable bonds is 6. The number of hydrogen-bond donors (Lipinski definition) is 1. The number of nitrogens with one attached hydrogen (secondary N) is 1. The van der Waals surface area contributed by atoms with E-state index in [-0.39, 0.29) is 11.7 Å². The van der Waals surface area contributed by atoms with Crippen LogP contribution in [0.4, 0.5) is 0 Å². The van der Waals surface area contributed by atoms with Crippen LogP contribution in [0.1, 0.15) is 4.88 Å². The lowest BCUT2D eigenvalue weighted by molar-refractivity contribution is -0.118. The third-order valence-electron chi connectivity index (χ3n) is 3.50. The summed E-state index contributed by atoms with van der Waals surface area (Å²) in [4.78, 5) is 13.8. The zero-order valence-corrected chi connectivity index (χ0v) is 16.5. The van der Waals surface area contributed by atoms with Crippen molar-refractivity contribution in [3.8, 4) is 10.8 Å². The van der Waals surface area contributed by atoms with Crippen molar-refractivity contribution in [1.82, 2.24) is 15.5 Å². The van der Waals surface area contributed by atoms with Crippen molar-refractivity contribution in [3.63, 3.8) is 0 Å². The van der Waals surface area contributed by atoms with Gasteiger partial charge in [0.15, 0.2) is 0 Å². The first-order valence-corrected chi connectivity index (χ1v) is 10.7. The molecule has 1 aromatic carbocycles. The molecule has 0 bridgehead atoms. The molecule has 26 heavy (non-hydrogen) atoms. The van der Waals surface area contributed by atoms with Crippen molar-refractivity contribution >= 4 is 62.0 Å². The Morgan fingerprint density at radius 1 is 1.23 bits per heavy atom. The van der Waals surface area contributed by atoms with Crippen LogP contribution in [0.25, 0.3) is 20.9 Å². The first-order valence-electron chi connectivity index (χ1n) is 7.63. The highest BCUT2D eigenvalue weighted by Crippen LogP contribution is 2.41. The van der Waals surface area contributed by atoms with Crippen LogP contribution in [0, 0.1) is 0 Å². The van der Waals surface area contributed by atoms with E-state index >= 15 is 0 Å². The second-order valence-electron chi connectivity index (χ2n) is 5.26. The van der Waals surface area contributed by atoms with Crippen LogP contribution >= 0.6 is 46.0 Å². The Labute approximate surface area is 166 Å². The van der Waals surface area contributed by atoms with Gasteiger partial charge in [-0.1, -0.05) is 47.6 Å². The summed E-state index contributed by atoms with van der Waals surface area (Å²) in [6.07, 6.45) is 0. The molecule has 4 rings (SSSR count). The predicted molar refractivity (Wildman–Crippen MR) is 107 cm³/mol. The van der Waals surface area contributed by atoms with E-state index in [1.807, 2.05) is 41.8 Å². The molecule has 0 unspecified atom stereocenters. The molecule has 0 aliphatic heterocycles. The lowest BCUT2D eigenvalue weighted by Gasteiger charge is -2.01. The van der Waals surface area contributed by atoms with Crippen LogP contribution in [0.3, 0.4) is 0 Å². The van der Waals surface area contributed by atoms with Gasteiger partial charge in [0.1, 0.15) is 4.88 Å². The number of nitrogens with zero attached hydrogens (tertiary/aromatic N) is 2. The van der Waals surface area contributed by atoms with Gasteiger partial charge in [-0.05, 0) is 17.5 Å². The van der Waals surface area contributed by atoms with E-state index in [9.17, 15) is 4.79 Å². The van der Waals surface area contributed by atoms with Gasteiger partial charge in [-0.3, -0.25) is 4.79 Å². The van der Waals surface area contributed by atoms with Gasteiger partial charge >= 0.3 is 0 Å². The van der Waals surface area contributed by atoms with Crippen LogP contribution in [-0.4, -0.2) is 21.9 Å². The Balaban J connectivity index is 1.39. The van der Waals surface area contributed by atoms with Crippen molar-refractivity contribution < 1.29 is 9.21 Å². The molecule has 0 saturated carbocycles. The molecule has 5 nitrogen and oxygen atoms in total. The summed E-state index contributed by atoms with van der Waals surface area (Å²) >= 11 is 10.8. The van der Waals surface area contributed by atoms with E-state index < -0.39 is 0 Å². The molecule has 0 atom stereocenters. The summed E-state index contributed by atoms with van der Waals surface area (Å²) < 4.78 is 6.73. The van der Waals surface area contributed by atoms with Gasteiger partial charge in [0.2, 0.25) is 5.91 Å². The van der Waals surface area contributed by atoms with Crippen LogP contribution in [0.15, 0.2) is 51.4 Å². The normalized spacial score (nSPS) is 11.1. The monoisotopic (exact) mass is 421 g/mol. The number of aromatic nitrogens is 2. The van der Waals surface area contributed by atoms with Crippen LogP contribution < -0.4 is 5.32 Å². The maximum Gasteiger partial charge on any atom is 0.277 e. The summed E-state index contributed by atoms with van der Waals surface area (Å²) in [5.41, 5.74) is 0. The predicted octanol–water partition coefficient (Wildman–Crippen LogP) is 5.07. The van der Waals surface area contributed by atoms with Crippen molar-refractivity contribution in [3.05, 3.63) is 51.7 Å². The molecule has 9 heteroatoms. The second-order valence-corrected chi connectivity index (χ2v) is 8.65. The maximum absolute atomic E-state index is 11.9. The van der Waals surface area contributed by atoms with Crippen LogP contribution in [0.2, 0.25) is 5.02 Å². The summed E-state index contributed by atoms with van der Waals surface area (Å²) in [6.45, 7) is 0.531. The number of halogens is 1. The molecular weight excluding hydrogens is 410 g/mol. The average Bonchev–Trinajstić information content (AvgIpc) is 3.39. The minimum atomic E-state index is -0.0805. The summed E-state index contributed by atoms with van der Waals surface area (Å²) in [5.74, 6) is 0.508. The molecule has 4 aromatic rings. The number of thiophene rings is 2. The topological polar surface area (TPSA) is 68.0 Å². The smallest absolute Gasteiger partial charge is 0.277 e. The van der Waals surface area contributed by atoms with E-state index in [1.54, 1.807) is 11.3 Å². The molecular formula is C17H12ClN3O2S3. The number of benzene rings is 1. The Morgan fingerprint density at radius 3 is 2.92 bits per heavy atom. The third kappa shape index (κ3) is 3.78. The van der Waals surface area contributed by atoms with Gasteiger partial charge in [0, 0.05) is 15.0 Å². The second kappa shape index (κ2) is 7.79. The fraction of sp³-hybridized carbons (Fsp3) is 0.118. The van der Waals surface area contributed by atoms with Gasteiger partial charge in [0.25, 0.3) is 11.1 Å². The molecule has 0 aliphatic rings. The highest BCUT2D eigenvalue weighted by molar-refractivity contribution is 7.99. The Kier molecular flexibility index (Phi) is 5.26. The third-order valence-corrected chi connectivity index (χ3v) is 6.86. The number of fused-ring (bicyclic) bond motifs is 1. The number of carbonyl (C=O) groups excluding carboxylic acids is 1. The average molecular weight is 422 g/mol. The molecule has 3 aromatic heterocycles.